The molecule has 0 unspecified atom stereocenters. The zero-order valence-corrected chi connectivity index (χ0v) is 16.9. The average molecular weight is 440 g/mol. The molecule has 31 heavy (non-hydrogen) atoms. The number of primary sulfonamides is 1. The van der Waals surface area contributed by atoms with Crippen LogP contribution in [0.3, 0.4) is 0 Å². The van der Waals surface area contributed by atoms with Crippen LogP contribution < -0.4 is 10.5 Å². The molecule has 0 aliphatic carbocycles. The second-order valence-corrected chi connectivity index (χ2v) is 8.12. The fourth-order valence-electron chi connectivity index (χ4n) is 2.88. The quantitative estimate of drug-likeness (QED) is 0.447. The minimum Gasteiger partial charge on any atom is -0.369 e. The molecule has 0 aliphatic rings. The van der Waals surface area contributed by atoms with E-state index in [0.29, 0.717) is 24.3 Å². The summed E-state index contributed by atoms with van der Waals surface area (Å²) in [6.07, 6.45) is 3.49. The van der Waals surface area contributed by atoms with Crippen molar-refractivity contribution in [1.29, 1.82) is 0 Å². The van der Waals surface area contributed by atoms with Gasteiger partial charge in [-0.25, -0.2) is 27.9 Å². The standard InChI is InChI=1S/C20H17FN6O3S/c21-17-4-2-1-3-15(17)19-26-20(30-27-19)16-11-23-12-25-18(16)24-10-9-13-5-7-14(8-6-13)31(22,28)29/h1-8,11-12H,9-10H2,(H2,22,28,29)(H,23,24,25). The van der Waals surface area contributed by atoms with E-state index in [4.69, 9.17) is 9.66 Å². The van der Waals surface area contributed by atoms with Crippen molar-refractivity contribution in [3.63, 3.8) is 0 Å². The zero-order chi connectivity index (χ0) is 21.8. The van der Waals surface area contributed by atoms with Crippen molar-refractivity contribution >= 4 is 15.8 Å². The molecule has 4 rings (SSSR count). The smallest absolute Gasteiger partial charge is 0.263 e. The number of halogens is 1. The van der Waals surface area contributed by atoms with Crippen LogP contribution >= 0.6 is 0 Å². The lowest BCUT2D eigenvalue weighted by Crippen LogP contribution is -2.12. The second-order valence-electron chi connectivity index (χ2n) is 6.55. The van der Waals surface area contributed by atoms with Crippen LogP contribution in [-0.2, 0) is 16.4 Å². The summed E-state index contributed by atoms with van der Waals surface area (Å²) in [6.45, 7) is 0.493. The summed E-state index contributed by atoms with van der Waals surface area (Å²) in [7, 11) is -3.72. The molecule has 0 aliphatic heterocycles. The third kappa shape index (κ3) is 4.73. The summed E-state index contributed by atoms with van der Waals surface area (Å²) in [5.41, 5.74) is 1.61. The lowest BCUT2D eigenvalue weighted by atomic mass is 10.1. The van der Waals surface area contributed by atoms with Crippen LogP contribution in [0.15, 0.2) is 70.5 Å². The molecule has 9 nitrogen and oxygen atoms in total. The largest absolute Gasteiger partial charge is 0.369 e. The Kier molecular flexibility index (Phi) is 5.69. The van der Waals surface area contributed by atoms with Crippen molar-refractivity contribution in [2.24, 2.45) is 5.14 Å². The fraction of sp³-hybridized carbons (Fsp3) is 0.100. The van der Waals surface area contributed by atoms with Gasteiger partial charge in [0.05, 0.1) is 10.5 Å². The van der Waals surface area contributed by atoms with Crippen LogP contribution in [0, 0.1) is 5.82 Å². The highest BCUT2D eigenvalue weighted by Crippen LogP contribution is 2.27. The zero-order valence-electron chi connectivity index (χ0n) is 16.1. The summed E-state index contributed by atoms with van der Waals surface area (Å²) in [4.78, 5) is 12.5. The molecule has 158 valence electrons. The van der Waals surface area contributed by atoms with Gasteiger partial charge in [-0.3, -0.25) is 0 Å². The van der Waals surface area contributed by atoms with Crippen LogP contribution in [0.5, 0.6) is 0 Å². The fourth-order valence-corrected chi connectivity index (χ4v) is 3.40. The Morgan fingerprint density at radius 3 is 2.58 bits per heavy atom. The van der Waals surface area contributed by atoms with E-state index in [0.717, 1.165) is 5.56 Å². The number of hydrogen-bond donors (Lipinski definition) is 2. The first kappa shape index (κ1) is 20.6. The third-order valence-electron chi connectivity index (χ3n) is 4.44. The summed E-state index contributed by atoms with van der Waals surface area (Å²) < 4.78 is 42.0. The molecule has 0 spiro atoms. The van der Waals surface area contributed by atoms with Crippen molar-refractivity contribution in [2.45, 2.75) is 11.3 Å². The van der Waals surface area contributed by atoms with Crippen molar-refractivity contribution in [1.82, 2.24) is 20.1 Å². The molecule has 4 aromatic rings. The lowest BCUT2D eigenvalue weighted by molar-refractivity contribution is 0.431. The lowest BCUT2D eigenvalue weighted by Gasteiger charge is -2.08. The molecule has 0 fully saturated rings. The number of anilines is 1. The number of nitrogens with two attached hydrogens (primary N) is 1. The normalized spacial score (nSPS) is 11.4. The minimum absolute atomic E-state index is 0.0596. The predicted molar refractivity (Wildman–Crippen MR) is 111 cm³/mol. The van der Waals surface area contributed by atoms with Gasteiger partial charge in [0.2, 0.25) is 15.8 Å². The van der Waals surface area contributed by atoms with Crippen molar-refractivity contribution < 1.29 is 17.3 Å². The summed E-state index contributed by atoms with van der Waals surface area (Å²) in [6, 6.07) is 12.5. The SMILES string of the molecule is NS(=O)(=O)c1ccc(CCNc2ncncc2-c2nc(-c3ccccc3F)no2)cc1. The van der Waals surface area contributed by atoms with E-state index in [1.807, 2.05) is 0 Å². The van der Waals surface area contributed by atoms with Crippen molar-refractivity contribution in [3.8, 4) is 22.8 Å². The second kappa shape index (κ2) is 8.58. The van der Waals surface area contributed by atoms with E-state index < -0.39 is 15.8 Å². The summed E-state index contributed by atoms with van der Waals surface area (Å²) in [5, 5.41) is 12.1. The monoisotopic (exact) mass is 440 g/mol. The molecule has 0 bridgehead atoms. The number of hydrogen-bond acceptors (Lipinski definition) is 8. The maximum absolute atomic E-state index is 14.0. The van der Waals surface area contributed by atoms with Crippen LogP contribution in [0.1, 0.15) is 5.56 Å². The maximum atomic E-state index is 14.0. The Morgan fingerprint density at radius 1 is 1.06 bits per heavy atom. The number of nitrogens with one attached hydrogen (secondary N) is 1. The Labute approximate surface area is 177 Å². The van der Waals surface area contributed by atoms with Gasteiger partial charge in [0.25, 0.3) is 5.89 Å². The van der Waals surface area contributed by atoms with Crippen molar-refractivity contribution in [3.05, 3.63) is 72.4 Å². The van der Waals surface area contributed by atoms with Crippen LogP contribution in [0.25, 0.3) is 22.8 Å². The number of rotatable bonds is 7. The van der Waals surface area contributed by atoms with Gasteiger partial charge in [0, 0.05) is 12.7 Å². The van der Waals surface area contributed by atoms with Gasteiger partial charge in [0.15, 0.2) is 0 Å². The molecule has 2 aromatic carbocycles. The predicted octanol–water partition coefficient (Wildman–Crippen LogP) is 2.63. The maximum Gasteiger partial charge on any atom is 0.263 e. The highest BCUT2D eigenvalue weighted by molar-refractivity contribution is 7.89. The average Bonchev–Trinajstić information content (AvgIpc) is 3.24. The van der Waals surface area contributed by atoms with Crippen LogP contribution in [0.2, 0.25) is 0 Å². The molecule has 2 heterocycles. The van der Waals surface area contributed by atoms with Crippen LogP contribution in [0.4, 0.5) is 10.2 Å². The number of benzene rings is 2. The molecular weight excluding hydrogens is 423 g/mol. The van der Waals surface area contributed by atoms with Gasteiger partial charge < -0.3 is 9.84 Å². The summed E-state index contributed by atoms with van der Waals surface area (Å²) >= 11 is 0. The molecule has 0 atom stereocenters. The van der Waals surface area contributed by atoms with E-state index >= 15 is 0 Å². The third-order valence-corrected chi connectivity index (χ3v) is 5.37. The Morgan fingerprint density at radius 2 is 1.84 bits per heavy atom. The van der Waals surface area contributed by atoms with E-state index in [2.05, 4.69) is 25.4 Å². The van der Waals surface area contributed by atoms with Gasteiger partial charge in [0.1, 0.15) is 23.5 Å². The minimum atomic E-state index is -3.72. The molecule has 2 aromatic heterocycles. The van der Waals surface area contributed by atoms with E-state index in [1.165, 1.54) is 30.7 Å². The highest BCUT2D eigenvalue weighted by atomic mass is 32.2. The number of aromatic nitrogens is 4. The first-order valence-electron chi connectivity index (χ1n) is 9.16. The van der Waals surface area contributed by atoms with Crippen LogP contribution in [-0.4, -0.2) is 35.1 Å². The van der Waals surface area contributed by atoms with Gasteiger partial charge in [-0.15, -0.1) is 0 Å². The molecule has 3 N–H and O–H groups in total. The Balaban J connectivity index is 1.48. The highest BCUT2D eigenvalue weighted by Gasteiger charge is 2.17. The molecule has 0 radical (unpaired) electrons. The van der Waals surface area contributed by atoms with Gasteiger partial charge >= 0.3 is 0 Å². The van der Waals surface area contributed by atoms with Crippen molar-refractivity contribution in [2.75, 3.05) is 11.9 Å². The van der Waals surface area contributed by atoms with Gasteiger partial charge in [-0.1, -0.05) is 29.4 Å². The Bertz CT molecular complexity index is 1310. The molecular formula is C20H17FN6O3S. The first-order chi connectivity index (χ1) is 14.9. The molecule has 0 saturated heterocycles. The number of sulfonamides is 1. The molecule has 0 saturated carbocycles. The summed E-state index contributed by atoms with van der Waals surface area (Å²) in [5.74, 6) is 0.294. The van der Waals surface area contributed by atoms with E-state index in [9.17, 15) is 12.8 Å². The topological polar surface area (TPSA) is 137 Å². The van der Waals surface area contributed by atoms with E-state index in [-0.39, 0.29) is 22.2 Å². The van der Waals surface area contributed by atoms with Gasteiger partial charge in [-0.2, -0.15) is 4.98 Å². The first-order valence-corrected chi connectivity index (χ1v) is 10.7. The van der Waals surface area contributed by atoms with Gasteiger partial charge in [-0.05, 0) is 36.2 Å². The molecule has 0 amide bonds. The number of nitrogens with zero attached hydrogens (tertiary/aromatic N) is 4. The Hall–Kier alpha value is -3.70. The molecule has 11 heteroatoms. The van der Waals surface area contributed by atoms with E-state index in [1.54, 1.807) is 30.3 Å².